The summed E-state index contributed by atoms with van der Waals surface area (Å²) in [6.45, 7) is 6.50. The number of nitrogens with one attached hydrogen (secondary N) is 1. The summed E-state index contributed by atoms with van der Waals surface area (Å²) in [5.74, 6) is 0.849. The first kappa shape index (κ1) is 14.0. The highest BCUT2D eigenvalue weighted by molar-refractivity contribution is 7.91. The van der Waals surface area contributed by atoms with E-state index < -0.39 is 9.84 Å². The Balaban J connectivity index is 1.65. The smallest absolute Gasteiger partial charge is 0.180 e. The Kier molecular flexibility index (Phi) is 3.84. The van der Waals surface area contributed by atoms with Crippen LogP contribution in [0, 0.1) is 5.92 Å². The van der Waals surface area contributed by atoms with E-state index in [9.17, 15) is 8.42 Å². The molecule has 2 aliphatic heterocycles. The molecule has 2 aliphatic rings. The van der Waals surface area contributed by atoms with E-state index in [1.807, 2.05) is 12.1 Å². The van der Waals surface area contributed by atoms with Crippen LogP contribution >= 0.6 is 0 Å². The molecule has 1 N–H and O–H groups in total. The van der Waals surface area contributed by atoms with Gasteiger partial charge in [-0.3, -0.25) is 0 Å². The molecule has 1 aromatic carbocycles. The van der Waals surface area contributed by atoms with E-state index in [2.05, 4.69) is 17.1 Å². The van der Waals surface area contributed by atoms with Gasteiger partial charge >= 0.3 is 0 Å². The first-order valence-electron chi connectivity index (χ1n) is 7.37. The Bertz CT molecular complexity index is 585. The monoisotopic (exact) mass is 294 g/mol. The van der Waals surface area contributed by atoms with E-state index in [-0.39, 0.29) is 11.8 Å². The van der Waals surface area contributed by atoms with Crippen LogP contribution in [0.4, 0.5) is 0 Å². The molecule has 4 nitrogen and oxygen atoms in total. The van der Waals surface area contributed by atoms with Crippen molar-refractivity contribution in [3.8, 4) is 0 Å². The van der Waals surface area contributed by atoms with Crippen molar-refractivity contribution in [2.24, 2.45) is 5.92 Å². The van der Waals surface area contributed by atoms with Gasteiger partial charge in [0.25, 0.3) is 0 Å². The van der Waals surface area contributed by atoms with Crippen LogP contribution in [0.15, 0.2) is 29.2 Å². The summed E-state index contributed by atoms with van der Waals surface area (Å²) in [5, 5.41) is 3.47. The molecule has 0 aromatic heterocycles. The van der Waals surface area contributed by atoms with Gasteiger partial charge in [-0.25, -0.2) is 8.42 Å². The summed E-state index contributed by atoms with van der Waals surface area (Å²) < 4.78 is 24.2. The third kappa shape index (κ3) is 2.62. The van der Waals surface area contributed by atoms with Crippen molar-refractivity contribution in [2.45, 2.75) is 24.3 Å². The average Bonchev–Trinajstić information content (AvgIpc) is 3.00. The molecule has 0 spiro atoms. The highest BCUT2D eigenvalue weighted by atomic mass is 32.2. The van der Waals surface area contributed by atoms with Gasteiger partial charge in [-0.2, -0.15) is 0 Å². The van der Waals surface area contributed by atoms with Gasteiger partial charge in [0.15, 0.2) is 9.84 Å². The minimum Gasteiger partial charge on any atom is -0.309 e. The lowest BCUT2D eigenvalue weighted by atomic mass is 10.1. The Morgan fingerprint density at radius 2 is 2.15 bits per heavy atom. The van der Waals surface area contributed by atoms with Crippen LogP contribution in [0.3, 0.4) is 0 Å². The van der Waals surface area contributed by atoms with Gasteiger partial charge in [0, 0.05) is 12.6 Å². The first-order chi connectivity index (χ1) is 9.60. The Morgan fingerprint density at radius 3 is 2.90 bits per heavy atom. The molecule has 3 rings (SSSR count). The zero-order chi connectivity index (χ0) is 14.2. The maximum absolute atomic E-state index is 12.1. The lowest BCUT2D eigenvalue weighted by Gasteiger charge is -2.17. The topological polar surface area (TPSA) is 49.4 Å². The quantitative estimate of drug-likeness (QED) is 0.913. The summed E-state index contributed by atoms with van der Waals surface area (Å²) in [5.41, 5.74) is 0.942. The lowest BCUT2D eigenvalue weighted by molar-refractivity contribution is 0.336. The molecule has 5 heteroatoms. The van der Waals surface area contributed by atoms with Gasteiger partial charge in [0.1, 0.15) is 0 Å². The summed E-state index contributed by atoms with van der Waals surface area (Å²) in [6.07, 6.45) is 1.21. The van der Waals surface area contributed by atoms with Crippen molar-refractivity contribution >= 4 is 9.84 Å². The lowest BCUT2D eigenvalue weighted by Crippen LogP contribution is -2.30. The second kappa shape index (κ2) is 5.47. The minimum absolute atomic E-state index is 0.0353. The molecule has 1 fully saturated rings. The van der Waals surface area contributed by atoms with Gasteiger partial charge in [-0.1, -0.05) is 25.1 Å². The average molecular weight is 294 g/mol. The SMILES string of the molecule is CCN1CCC(CNC2CS(=O)(=O)c3ccccc32)C1. The van der Waals surface area contributed by atoms with E-state index in [0.29, 0.717) is 10.8 Å². The van der Waals surface area contributed by atoms with Crippen molar-refractivity contribution in [1.29, 1.82) is 0 Å². The highest BCUT2D eigenvalue weighted by Crippen LogP contribution is 2.33. The largest absolute Gasteiger partial charge is 0.309 e. The molecule has 0 bridgehead atoms. The second-order valence-electron chi connectivity index (χ2n) is 5.83. The number of nitrogens with zero attached hydrogens (tertiary/aromatic N) is 1. The van der Waals surface area contributed by atoms with Crippen LogP contribution in [0.5, 0.6) is 0 Å². The number of hydrogen-bond acceptors (Lipinski definition) is 4. The number of fused-ring (bicyclic) bond motifs is 1. The summed E-state index contributed by atoms with van der Waals surface area (Å²) >= 11 is 0. The van der Waals surface area contributed by atoms with Crippen LogP contribution in [0.25, 0.3) is 0 Å². The van der Waals surface area contributed by atoms with Gasteiger partial charge in [0.05, 0.1) is 10.6 Å². The van der Waals surface area contributed by atoms with Gasteiger partial charge in [-0.15, -0.1) is 0 Å². The third-order valence-corrected chi connectivity index (χ3v) is 6.30. The molecule has 0 amide bonds. The number of sulfone groups is 1. The maximum atomic E-state index is 12.1. The Morgan fingerprint density at radius 1 is 1.35 bits per heavy atom. The van der Waals surface area contributed by atoms with Crippen LogP contribution in [-0.4, -0.2) is 45.2 Å². The zero-order valence-corrected chi connectivity index (χ0v) is 12.7. The Hall–Kier alpha value is -0.910. The van der Waals surface area contributed by atoms with E-state index in [1.165, 1.54) is 13.0 Å². The van der Waals surface area contributed by atoms with Gasteiger partial charge < -0.3 is 10.2 Å². The standard InChI is InChI=1S/C15H22N2O2S/c1-2-17-8-7-12(10-17)9-16-14-11-20(18,19)15-6-4-3-5-13(14)15/h3-6,12,14,16H,2,7-11H2,1H3. The number of hydrogen-bond donors (Lipinski definition) is 1. The summed E-state index contributed by atoms with van der Waals surface area (Å²) in [7, 11) is -3.09. The molecule has 2 unspecified atom stereocenters. The molecule has 1 saturated heterocycles. The number of benzene rings is 1. The van der Waals surface area contributed by atoms with Crippen LogP contribution in [-0.2, 0) is 9.84 Å². The zero-order valence-electron chi connectivity index (χ0n) is 11.9. The van der Waals surface area contributed by atoms with E-state index in [0.717, 1.165) is 25.2 Å². The van der Waals surface area contributed by atoms with Crippen LogP contribution < -0.4 is 5.32 Å². The summed E-state index contributed by atoms with van der Waals surface area (Å²) in [6, 6.07) is 7.34. The predicted molar refractivity (Wildman–Crippen MR) is 79.5 cm³/mol. The number of likely N-dealkylation sites (tertiary alicyclic amines) is 1. The molecule has 0 aliphatic carbocycles. The van der Waals surface area contributed by atoms with E-state index in [4.69, 9.17) is 0 Å². The maximum Gasteiger partial charge on any atom is 0.180 e. The normalized spacial score (nSPS) is 28.6. The van der Waals surface area contributed by atoms with E-state index >= 15 is 0 Å². The predicted octanol–water partition coefficient (Wildman–Crippen LogP) is 1.45. The molecule has 1 aromatic rings. The van der Waals surface area contributed by atoms with Crippen molar-refractivity contribution in [1.82, 2.24) is 10.2 Å². The van der Waals surface area contributed by atoms with Crippen molar-refractivity contribution in [3.05, 3.63) is 29.8 Å². The molecule has 0 saturated carbocycles. The summed E-state index contributed by atoms with van der Waals surface area (Å²) in [4.78, 5) is 2.96. The molecular formula is C15H22N2O2S. The molecular weight excluding hydrogens is 272 g/mol. The molecule has 2 heterocycles. The van der Waals surface area contributed by atoms with E-state index in [1.54, 1.807) is 12.1 Å². The second-order valence-corrected chi connectivity index (χ2v) is 7.83. The number of rotatable bonds is 4. The fourth-order valence-electron chi connectivity index (χ4n) is 3.30. The highest BCUT2D eigenvalue weighted by Gasteiger charge is 2.34. The van der Waals surface area contributed by atoms with Crippen LogP contribution in [0.2, 0.25) is 0 Å². The molecule has 0 radical (unpaired) electrons. The Labute approximate surface area is 121 Å². The van der Waals surface area contributed by atoms with Crippen molar-refractivity contribution in [2.75, 3.05) is 31.9 Å². The fraction of sp³-hybridized carbons (Fsp3) is 0.600. The van der Waals surface area contributed by atoms with Gasteiger partial charge in [0.2, 0.25) is 0 Å². The molecule has 2 atom stereocenters. The third-order valence-electron chi connectivity index (χ3n) is 4.49. The van der Waals surface area contributed by atoms with Crippen molar-refractivity contribution in [3.63, 3.8) is 0 Å². The minimum atomic E-state index is -3.09. The molecule has 110 valence electrons. The van der Waals surface area contributed by atoms with Crippen molar-refractivity contribution < 1.29 is 8.42 Å². The van der Waals surface area contributed by atoms with Crippen LogP contribution in [0.1, 0.15) is 24.9 Å². The molecule has 20 heavy (non-hydrogen) atoms. The van der Waals surface area contributed by atoms with Gasteiger partial charge in [-0.05, 0) is 43.6 Å². The fourth-order valence-corrected chi connectivity index (χ4v) is 5.07. The first-order valence-corrected chi connectivity index (χ1v) is 9.03.